The number of nitrogens with zero attached hydrogens (tertiary/aromatic N) is 2. The van der Waals surface area contributed by atoms with Crippen LogP contribution in [-0.4, -0.2) is 25.7 Å². The summed E-state index contributed by atoms with van der Waals surface area (Å²) in [7, 11) is 0. The molecule has 2 aromatic heterocycles. The van der Waals surface area contributed by atoms with Crippen LogP contribution < -0.4 is 0 Å². The first-order valence-corrected chi connectivity index (χ1v) is 5.57. The number of carboxylic acid groups (broad SMARTS) is 1. The number of carboxylic acids is 1. The van der Waals surface area contributed by atoms with Gasteiger partial charge in [-0.15, -0.1) is 0 Å². The zero-order valence-corrected chi connectivity index (χ0v) is 9.13. The standard InChI is InChI=1S/C12H12N2O3/c15-10-4-3-8-5-9(12(16)17)14(11(8)13-10)6-7-1-2-7/h3-5,7H,1-2,6H2,(H,13,15)(H,16,17). The number of hydrogen-bond donors (Lipinski definition) is 2. The fourth-order valence-electron chi connectivity index (χ4n) is 2.04. The van der Waals surface area contributed by atoms with E-state index >= 15 is 0 Å². The van der Waals surface area contributed by atoms with Gasteiger partial charge in [0.1, 0.15) is 11.3 Å². The molecule has 3 rings (SSSR count). The van der Waals surface area contributed by atoms with Gasteiger partial charge in [0.2, 0.25) is 5.88 Å². The van der Waals surface area contributed by atoms with E-state index in [0.717, 1.165) is 18.2 Å². The van der Waals surface area contributed by atoms with Crippen LogP contribution in [0.5, 0.6) is 5.88 Å². The van der Waals surface area contributed by atoms with Crippen molar-refractivity contribution in [1.29, 1.82) is 0 Å². The summed E-state index contributed by atoms with van der Waals surface area (Å²) in [4.78, 5) is 15.2. The lowest BCUT2D eigenvalue weighted by Gasteiger charge is -2.06. The molecule has 2 aromatic rings. The van der Waals surface area contributed by atoms with E-state index in [4.69, 9.17) is 5.11 Å². The van der Waals surface area contributed by atoms with Gasteiger partial charge in [-0.1, -0.05) is 0 Å². The summed E-state index contributed by atoms with van der Waals surface area (Å²) in [5.41, 5.74) is 0.791. The van der Waals surface area contributed by atoms with Crippen molar-refractivity contribution in [3.05, 3.63) is 23.9 Å². The number of carbonyl (C=O) groups is 1. The van der Waals surface area contributed by atoms with Crippen LogP contribution >= 0.6 is 0 Å². The average molecular weight is 232 g/mol. The van der Waals surface area contributed by atoms with Crippen molar-refractivity contribution in [3.8, 4) is 5.88 Å². The van der Waals surface area contributed by atoms with E-state index in [1.807, 2.05) is 0 Å². The summed E-state index contributed by atoms with van der Waals surface area (Å²) >= 11 is 0. The van der Waals surface area contributed by atoms with Crippen LogP contribution in [0.2, 0.25) is 0 Å². The lowest BCUT2D eigenvalue weighted by molar-refractivity contribution is 0.0685. The molecule has 5 heteroatoms. The maximum atomic E-state index is 11.2. The van der Waals surface area contributed by atoms with Gasteiger partial charge in [0.25, 0.3) is 0 Å². The third kappa shape index (κ3) is 1.73. The van der Waals surface area contributed by atoms with Crippen molar-refractivity contribution in [3.63, 3.8) is 0 Å². The predicted octanol–water partition coefficient (Wildman–Crippen LogP) is 1.85. The SMILES string of the molecule is O=C(O)c1cc2ccc(O)nc2n1CC1CC1. The summed E-state index contributed by atoms with van der Waals surface area (Å²) in [6.07, 6.45) is 2.27. The molecule has 17 heavy (non-hydrogen) atoms. The Kier molecular flexibility index (Phi) is 2.07. The van der Waals surface area contributed by atoms with Gasteiger partial charge in [-0.3, -0.25) is 0 Å². The smallest absolute Gasteiger partial charge is 0.352 e. The van der Waals surface area contributed by atoms with Gasteiger partial charge in [0.15, 0.2) is 0 Å². The molecule has 1 fully saturated rings. The summed E-state index contributed by atoms with van der Waals surface area (Å²) in [5, 5.41) is 19.3. The van der Waals surface area contributed by atoms with Crippen LogP contribution in [-0.2, 0) is 6.54 Å². The fourth-order valence-corrected chi connectivity index (χ4v) is 2.04. The lowest BCUT2D eigenvalue weighted by Crippen LogP contribution is -2.10. The van der Waals surface area contributed by atoms with E-state index in [0.29, 0.717) is 18.1 Å². The number of hydrogen-bond acceptors (Lipinski definition) is 3. The van der Waals surface area contributed by atoms with Crippen molar-refractivity contribution in [2.45, 2.75) is 19.4 Å². The van der Waals surface area contributed by atoms with Gasteiger partial charge >= 0.3 is 5.97 Å². The normalized spacial score (nSPS) is 15.3. The van der Waals surface area contributed by atoms with E-state index in [9.17, 15) is 9.90 Å². The van der Waals surface area contributed by atoms with Crippen LogP contribution in [0.15, 0.2) is 18.2 Å². The monoisotopic (exact) mass is 232 g/mol. The quantitative estimate of drug-likeness (QED) is 0.846. The van der Waals surface area contributed by atoms with E-state index in [2.05, 4.69) is 4.98 Å². The average Bonchev–Trinajstić information content (AvgIpc) is 3.01. The number of pyridine rings is 1. The minimum Gasteiger partial charge on any atom is -0.493 e. The van der Waals surface area contributed by atoms with Crippen LogP contribution in [0, 0.1) is 5.92 Å². The van der Waals surface area contributed by atoms with Crippen molar-refractivity contribution >= 4 is 17.0 Å². The Morgan fingerprint density at radius 3 is 2.88 bits per heavy atom. The van der Waals surface area contributed by atoms with Gasteiger partial charge in [-0.05, 0) is 30.9 Å². The van der Waals surface area contributed by atoms with Gasteiger partial charge in [-0.2, -0.15) is 4.98 Å². The van der Waals surface area contributed by atoms with Crippen molar-refractivity contribution < 1.29 is 15.0 Å². The first-order valence-electron chi connectivity index (χ1n) is 5.57. The second-order valence-electron chi connectivity index (χ2n) is 4.47. The zero-order valence-electron chi connectivity index (χ0n) is 9.13. The Bertz CT molecular complexity index is 599. The molecule has 1 aliphatic carbocycles. The van der Waals surface area contributed by atoms with Crippen molar-refractivity contribution in [1.82, 2.24) is 9.55 Å². The summed E-state index contributed by atoms with van der Waals surface area (Å²) in [6.45, 7) is 0.668. The number of aromatic carboxylic acids is 1. The molecule has 2 N–H and O–H groups in total. The van der Waals surface area contributed by atoms with E-state index in [1.54, 1.807) is 16.7 Å². The fraction of sp³-hybridized carbons (Fsp3) is 0.333. The first kappa shape index (κ1) is 10.1. The molecule has 0 atom stereocenters. The minimum atomic E-state index is -0.955. The van der Waals surface area contributed by atoms with Crippen LogP contribution in [0.3, 0.4) is 0 Å². The predicted molar refractivity (Wildman–Crippen MR) is 61.1 cm³/mol. The third-order valence-corrected chi connectivity index (χ3v) is 3.09. The topological polar surface area (TPSA) is 75.3 Å². The molecule has 5 nitrogen and oxygen atoms in total. The molecule has 0 bridgehead atoms. The largest absolute Gasteiger partial charge is 0.493 e. The summed E-state index contributed by atoms with van der Waals surface area (Å²) in [6, 6.07) is 4.76. The number of rotatable bonds is 3. The molecule has 0 aromatic carbocycles. The number of aromatic hydroxyl groups is 1. The molecule has 0 aliphatic heterocycles. The van der Waals surface area contributed by atoms with Crippen LogP contribution in [0.25, 0.3) is 11.0 Å². The van der Waals surface area contributed by atoms with Crippen molar-refractivity contribution in [2.75, 3.05) is 0 Å². The highest BCUT2D eigenvalue weighted by molar-refractivity contribution is 5.93. The Labute approximate surface area is 97.3 Å². The molecule has 0 spiro atoms. The molecule has 1 aliphatic rings. The Morgan fingerprint density at radius 2 is 2.24 bits per heavy atom. The zero-order chi connectivity index (χ0) is 12.0. The van der Waals surface area contributed by atoms with Gasteiger partial charge in [-0.25, -0.2) is 4.79 Å². The second-order valence-corrected chi connectivity index (χ2v) is 4.47. The maximum absolute atomic E-state index is 11.2. The first-order chi connectivity index (χ1) is 8.15. The molecule has 1 saturated carbocycles. The molecular weight excluding hydrogens is 220 g/mol. The van der Waals surface area contributed by atoms with Crippen molar-refractivity contribution in [2.24, 2.45) is 5.92 Å². The molecule has 0 unspecified atom stereocenters. The van der Waals surface area contributed by atoms with Crippen LogP contribution in [0.4, 0.5) is 0 Å². The summed E-state index contributed by atoms with van der Waals surface area (Å²) < 4.78 is 1.69. The highest BCUT2D eigenvalue weighted by Crippen LogP contribution is 2.33. The molecule has 2 heterocycles. The Hall–Kier alpha value is -2.04. The molecular formula is C12H12N2O3. The number of fused-ring (bicyclic) bond motifs is 1. The van der Waals surface area contributed by atoms with E-state index in [1.165, 1.54) is 6.07 Å². The Morgan fingerprint density at radius 1 is 1.47 bits per heavy atom. The maximum Gasteiger partial charge on any atom is 0.352 e. The Balaban J connectivity index is 2.20. The molecule has 0 radical (unpaired) electrons. The third-order valence-electron chi connectivity index (χ3n) is 3.09. The van der Waals surface area contributed by atoms with Gasteiger partial charge in [0.05, 0.1) is 0 Å². The highest BCUT2D eigenvalue weighted by Gasteiger charge is 2.25. The van der Waals surface area contributed by atoms with E-state index < -0.39 is 5.97 Å². The van der Waals surface area contributed by atoms with Gasteiger partial charge in [0, 0.05) is 18.0 Å². The second kappa shape index (κ2) is 3.48. The molecule has 0 amide bonds. The minimum absolute atomic E-state index is 0.0791. The molecule has 88 valence electrons. The van der Waals surface area contributed by atoms with Gasteiger partial charge < -0.3 is 14.8 Å². The van der Waals surface area contributed by atoms with Crippen LogP contribution in [0.1, 0.15) is 23.3 Å². The lowest BCUT2D eigenvalue weighted by atomic mass is 10.3. The van der Waals surface area contributed by atoms with E-state index in [-0.39, 0.29) is 11.6 Å². The highest BCUT2D eigenvalue weighted by atomic mass is 16.4. The molecule has 0 saturated heterocycles. The summed E-state index contributed by atoms with van der Waals surface area (Å²) in [5.74, 6) is -0.486. The number of aromatic nitrogens is 2.